The summed E-state index contributed by atoms with van der Waals surface area (Å²) in [5, 5.41) is 14.2. The van der Waals surface area contributed by atoms with Crippen LogP contribution in [0.4, 0.5) is 5.69 Å². The first-order valence-corrected chi connectivity index (χ1v) is 5.40. The first-order valence-electron chi connectivity index (χ1n) is 3.85. The molecule has 0 aromatic heterocycles. The number of hydrogen-bond donors (Lipinski definition) is 2. The predicted molar refractivity (Wildman–Crippen MR) is 53.8 cm³/mol. The molecule has 0 saturated carbocycles. The summed E-state index contributed by atoms with van der Waals surface area (Å²) in [5.41, 5.74) is 0.659. The Kier molecular flexibility index (Phi) is 2.68. The van der Waals surface area contributed by atoms with Gasteiger partial charge < -0.3 is 10.0 Å². The molecule has 0 bridgehead atoms. The number of phenols is 1. The van der Waals surface area contributed by atoms with Crippen LogP contribution in [0.15, 0.2) is 23.1 Å². The van der Waals surface area contributed by atoms with Crippen LogP contribution in [0, 0.1) is 0 Å². The number of aromatic hydroxyl groups is 1. The van der Waals surface area contributed by atoms with E-state index in [-0.39, 0.29) is 10.6 Å². The zero-order chi connectivity index (χ0) is 10.9. The molecule has 0 aliphatic carbocycles. The van der Waals surface area contributed by atoms with E-state index in [4.69, 9.17) is 5.14 Å². The van der Waals surface area contributed by atoms with Crippen molar-refractivity contribution < 1.29 is 13.5 Å². The number of rotatable bonds is 2. The van der Waals surface area contributed by atoms with E-state index in [1.165, 1.54) is 12.1 Å². The summed E-state index contributed by atoms with van der Waals surface area (Å²) in [6.07, 6.45) is 0. The summed E-state index contributed by atoms with van der Waals surface area (Å²) >= 11 is 0. The Morgan fingerprint density at radius 1 is 1.36 bits per heavy atom. The molecule has 0 radical (unpaired) electrons. The average Bonchev–Trinajstić information content (AvgIpc) is 2.02. The van der Waals surface area contributed by atoms with Gasteiger partial charge in [-0.05, 0) is 18.2 Å². The van der Waals surface area contributed by atoms with Crippen LogP contribution >= 0.6 is 0 Å². The van der Waals surface area contributed by atoms with E-state index in [0.717, 1.165) is 0 Å². The second kappa shape index (κ2) is 3.47. The van der Waals surface area contributed by atoms with Crippen LogP contribution in [0.25, 0.3) is 0 Å². The van der Waals surface area contributed by atoms with Crippen LogP contribution in [-0.2, 0) is 10.0 Å². The molecular weight excluding hydrogens is 204 g/mol. The number of nitrogens with two attached hydrogens (primary N) is 1. The van der Waals surface area contributed by atoms with E-state index in [1.54, 1.807) is 25.1 Å². The summed E-state index contributed by atoms with van der Waals surface area (Å²) < 4.78 is 22.1. The van der Waals surface area contributed by atoms with Gasteiger partial charge in [-0.2, -0.15) is 0 Å². The maximum Gasteiger partial charge on any atom is 0.241 e. The van der Waals surface area contributed by atoms with Crippen molar-refractivity contribution in [1.82, 2.24) is 0 Å². The van der Waals surface area contributed by atoms with Gasteiger partial charge in [-0.25, -0.2) is 13.6 Å². The van der Waals surface area contributed by atoms with Crippen molar-refractivity contribution >= 4 is 15.7 Å². The third-order valence-corrected chi connectivity index (χ3v) is 2.71. The summed E-state index contributed by atoms with van der Waals surface area (Å²) in [6.45, 7) is 0. The quantitative estimate of drug-likeness (QED) is 0.734. The molecule has 0 saturated heterocycles. The van der Waals surface area contributed by atoms with Crippen LogP contribution in [0.2, 0.25) is 0 Å². The van der Waals surface area contributed by atoms with E-state index >= 15 is 0 Å². The van der Waals surface area contributed by atoms with Crippen molar-refractivity contribution in [3.8, 4) is 5.75 Å². The molecule has 0 heterocycles. The topological polar surface area (TPSA) is 83.6 Å². The number of hydrogen-bond acceptors (Lipinski definition) is 4. The SMILES string of the molecule is CN(C)c1ccc(O)c(S(N)(=O)=O)c1. The predicted octanol–water partition coefficient (Wildman–Crippen LogP) is 0.106. The first-order chi connectivity index (χ1) is 6.32. The molecule has 1 aromatic rings. The van der Waals surface area contributed by atoms with Crippen molar-refractivity contribution in [2.24, 2.45) is 5.14 Å². The van der Waals surface area contributed by atoms with Gasteiger partial charge >= 0.3 is 0 Å². The van der Waals surface area contributed by atoms with Gasteiger partial charge in [0.2, 0.25) is 10.0 Å². The molecule has 6 heteroatoms. The van der Waals surface area contributed by atoms with Gasteiger partial charge in [-0.1, -0.05) is 0 Å². The number of nitrogens with zero attached hydrogens (tertiary/aromatic N) is 1. The lowest BCUT2D eigenvalue weighted by molar-refractivity contribution is 0.459. The molecule has 0 amide bonds. The van der Waals surface area contributed by atoms with Gasteiger partial charge in [-0.15, -0.1) is 0 Å². The zero-order valence-electron chi connectivity index (χ0n) is 7.93. The first kappa shape index (κ1) is 10.8. The lowest BCUT2D eigenvalue weighted by Gasteiger charge is -2.13. The minimum atomic E-state index is -3.87. The molecule has 0 spiro atoms. The number of anilines is 1. The van der Waals surface area contributed by atoms with Gasteiger partial charge in [-0.3, -0.25) is 0 Å². The summed E-state index contributed by atoms with van der Waals surface area (Å²) in [5.74, 6) is -0.335. The van der Waals surface area contributed by atoms with Crippen molar-refractivity contribution in [1.29, 1.82) is 0 Å². The molecule has 0 atom stereocenters. The maximum atomic E-state index is 11.0. The fourth-order valence-electron chi connectivity index (χ4n) is 1.01. The van der Waals surface area contributed by atoms with E-state index in [9.17, 15) is 13.5 Å². The fraction of sp³-hybridized carbons (Fsp3) is 0.250. The highest BCUT2D eigenvalue weighted by molar-refractivity contribution is 7.89. The second-order valence-electron chi connectivity index (χ2n) is 3.09. The lowest BCUT2D eigenvalue weighted by atomic mass is 10.3. The Hall–Kier alpha value is -1.27. The Morgan fingerprint density at radius 2 is 1.93 bits per heavy atom. The Labute approximate surface area is 82.8 Å². The normalized spacial score (nSPS) is 11.4. The van der Waals surface area contributed by atoms with Crippen molar-refractivity contribution in [2.45, 2.75) is 4.90 Å². The summed E-state index contributed by atoms with van der Waals surface area (Å²) in [7, 11) is -0.340. The van der Waals surface area contributed by atoms with Gasteiger partial charge in [0.25, 0.3) is 0 Å². The molecule has 0 unspecified atom stereocenters. The minimum Gasteiger partial charge on any atom is -0.507 e. The molecule has 14 heavy (non-hydrogen) atoms. The second-order valence-corrected chi connectivity index (χ2v) is 4.62. The molecule has 0 aliphatic rings. The van der Waals surface area contributed by atoms with Crippen LogP contribution < -0.4 is 10.0 Å². The third kappa shape index (κ3) is 2.15. The standard InChI is InChI=1S/C8H12N2O3S/c1-10(2)6-3-4-7(11)8(5-6)14(9,12)13/h3-5,11H,1-2H3,(H2,9,12,13). The minimum absolute atomic E-state index is 0.260. The fourth-order valence-corrected chi connectivity index (χ4v) is 1.65. The number of benzene rings is 1. The monoisotopic (exact) mass is 216 g/mol. The van der Waals surface area contributed by atoms with Gasteiger partial charge in [0, 0.05) is 19.8 Å². The van der Waals surface area contributed by atoms with Crippen molar-refractivity contribution in [3.05, 3.63) is 18.2 Å². The summed E-state index contributed by atoms with van der Waals surface area (Å²) in [4.78, 5) is 1.46. The van der Waals surface area contributed by atoms with Crippen LogP contribution in [-0.4, -0.2) is 27.6 Å². The number of phenolic OH excluding ortho intramolecular Hbond substituents is 1. The van der Waals surface area contributed by atoms with Crippen LogP contribution in [0.1, 0.15) is 0 Å². The highest BCUT2D eigenvalue weighted by atomic mass is 32.2. The van der Waals surface area contributed by atoms with E-state index in [2.05, 4.69) is 0 Å². The zero-order valence-corrected chi connectivity index (χ0v) is 8.75. The molecular formula is C8H12N2O3S. The number of sulfonamides is 1. The van der Waals surface area contributed by atoms with Gasteiger partial charge in [0.15, 0.2) is 0 Å². The van der Waals surface area contributed by atoms with Gasteiger partial charge in [0.1, 0.15) is 10.6 Å². The molecule has 0 aliphatic heterocycles. The molecule has 5 nitrogen and oxygen atoms in total. The number of primary sulfonamides is 1. The lowest BCUT2D eigenvalue weighted by Crippen LogP contribution is -2.14. The van der Waals surface area contributed by atoms with E-state index < -0.39 is 10.0 Å². The van der Waals surface area contributed by atoms with Crippen molar-refractivity contribution in [3.63, 3.8) is 0 Å². The van der Waals surface area contributed by atoms with E-state index in [0.29, 0.717) is 5.69 Å². The molecule has 3 N–H and O–H groups in total. The largest absolute Gasteiger partial charge is 0.507 e. The summed E-state index contributed by atoms with van der Waals surface area (Å²) in [6, 6.07) is 4.23. The Morgan fingerprint density at radius 3 is 2.36 bits per heavy atom. The average molecular weight is 216 g/mol. The smallest absolute Gasteiger partial charge is 0.241 e. The van der Waals surface area contributed by atoms with E-state index in [1.807, 2.05) is 0 Å². The Balaban J connectivity index is 3.37. The molecule has 1 rings (SSSR count). The van der Waals surface area contributed by atoms with Crippen LogP contribution in [0.3, 0.4) is 0 Å². The third-order valence-electron chi connectivity index (χ3n) is 1.77. The Bertz CT molecular complexity index is 440. The van der Waals surface area contributed by atoms with Crippen molar-refractivity contribution in [2.75, 3.05) is 19.0 Å². The maximum absolute atomic E-state index is 11.0. The molecule has 0 fully saturated rings. The van der Waals surface area contributed by atoms with Crippen LogP contribution in [0.5, 0.6) is 5.75 Å². The highest BCUT2D eigenvalue weighted by Crippen LogP contribution is 2.25. The highest BCUT2D eigenvalue weighted by Gasteiger charge is 2.14. The molecule has 1 aromatic carbocycles. The van der Waals surface area contributed by atoms with Gasteiger partial charge in [0.05, 0.1) is 0 Å². The molecule has 78 valence electrons.